The highest BCUT2D eigenvalue weighted by Crippen LogP contribution is 2.61. The summed E-state index contributed by atoms with van der Waals surface area (Å²) in [6.45, 7) is 0.379. The SMILES string of the molecule is O=P(O)(O)C(C1CCC(S)CN1)P(=O)(O)O. The third-order valence-electron chi connectivity index (χ3n) is 2.48. The standard InChI is InChI=1S/C6H15NO6P2S/c8-14(9,10)6(15(11,12)13)5-2-1-4(16)3-7-5/h4-7,16H,1-3H2,(H2,8,9,10)(H2,11,12,13). The van der Waals surface area contributed by atoms with Gasteiger partial charge in [-0.05, 0) is 12.8 Å². The predicted molar refractivity (Wildman–Crippen MR) is 61.7 cm³/mol. The number of hydrogen-bond acceptors (Lipinski definition) is 4. The fourth-order valence-electron chi connectivity index (χ4n) is 1.78. The minimum absolute atomic E-state index is 0.0467. The second-order valence-electron chi connectivity index (χ2n) is 3.84. The fourth-order valence-corrected chi connectivity index (χ4v) is 5.05. The van der Waals surface area contributed by atoms with Crippen LogP contribution in [0.2, 0.25) is 0 Å². The molecule has 0 aromatic carbocycles. The average molecular weight is 291 g/mol. The Hall–Kier alpha value is 0.610. The predicted octanol–water partition coefficient (Wildman–Crippen LogP) is -0.282. The van der Waals surface area contributed by atoms with Gasteiger partial charge in [-0.25, -0.2) is 0 Å². The number of nitrogens with one attached hydrogen (secondary N) is 1. The van der Waals surface area contributed by atoms with E-state index >= 15 is 0 Å². The lowest BCUT2D eigenvalue weighted by atomic mass is 10.1. The van der Waals surface area contributed by atoms with Gasteiger partial charge < -0.3 is 24.9 Å². The molecule has 1 heterocycles. The molecule has 10 heteroatoms. The van der Waals surface area contributed by atoms with Crippen LogP contribution in [0.3, 0.4) is 0 Å². The molecule has 1 aliphatic heterocycles. The molecule has 5 N–H and O–H groups in total. The zero-order chi connectivity index (χ0) is 12.6. The third kappa shape index (κ3) is 3.82. The first-order valence-corrected chi connectivity index (χ1v) is 8.52. The fraction of sp³-hybridized carbons (Fsp3) is 1.00. The van der Waals surface area contributed by atoms with Crippen molar-refractivity contribution in [2.24, 2.45) is 0 Å². The highest BCUT2D eigenvalue weighted by molar-refractivity contribution is 7.81. The van der Waals surface area contributed by atoms with Crippen LogP contribution in [0.1, 0.15) is 12.8 Å². The van der Waals surface area contributed by atoms with Crippen molar-refractivity contribution >= 4 is 27.8 Å². The van der Waals surface area contributed by atoms with Crippen LogP contribution < -0.4 is 5.32 Å². The molecule has 1 aliphatic rings. The minimum Gasteiger partial charge on any atom is -0.324 e. The Labute approximate surface area is 98.4 Å². The molecule has 1 rings (SSSR count). The summed E-state index contributed by atoms with van der Waals surface area (Å²) in [7, 11) is -9.67. The van der Waals surface area contributed by atoms with Crippen LogP contribution in [0.4, 0.5) is 0 Å². The molecule has 0 radical (unpaired) electrons. The molecule has 0 saturated carbocycles. The molecular weight excluding hydrogens is 276 g/mol. The third-order valence-corrected chi connectivity index (χ3v) is 6.82. The van der Waals surface area contributed by atoms with Gasteiger partial charge in [-0.1, -0.05) is 0 Å². The van der Waals surface area contributed by atoms with Gasteiger partial charge in [0.1, 0.15) is 0 Å². The van der Waals surface area contributed by atoms with Crippen molar-refractivity contribution in [3.8, 4) is 0 Å². The van der Waals surface area contributed by atoms with Gasteiger partial charge in [-0.3, -0.25) is 9.13 Å². The summed E-state index contributed by atoms with van der Waals surface area (Å²) in [5, 5.41) is 0.810. The second-order valence-corrected chi connectivity index (χ2v) is 8.44. The first-order chi connectivity index (χ1) is 7.12. The van der Waals surface area contributed by atoms with Crippen LogP contribution in [0.5, 0.6) is 0 Å². The van der Waals surface area contributed by atoms with Gasteiger partial charge in [0.25, 0.3) is 0 Å². The van der Waals surface area contributed by atoms with Crippen LogP contribution in [0.15, 0.2) is 0 Å². The Kier molecular flexibility index (Phi) is 4.66. The summed E-state index contributed by atoms with van der Waals surface area (Å²) < 4.78 is 22.2. The first kappa shape index (κ1) is 14.7. The van der Waals surface area contributed by atoms with E-state index in [-0.39, 0.29) is 11.7 Å². The minimum atomic E-state index is -4.84. The van der Waals surface area contributed by atoms with Crippen molar-refractivity contribution in [3.05, 3.63) is 0 Å². The van der Waals surface area contributed by atoms with Crippen LogP contribution in [0, 0.1) is 0 Å². The van der Waals surface area contributed by atoms with Crippen molar-refractivity contribution in [2.45, 2.75) is 29.5 Å². The lowest BCUT2D eigenvalue weighted by Crippen LogP contribution is -2.46. The Morgan fingerprint density at radius 2 is 1.62 bits per heavy atom. The van der Waals surface area contributed by atoms with Gasteiger partial charge in [0, 0.05) is 17.8 Å². The smallest absolute Gasteiger partial charge is 0.324 e. The molecule has 0 aromatic heterocycles. The molecule has 0 amide bonds. The molecule has 0 bridgehead atoms. The summed E-state index contributed by atoms with van der Waals surface area (Å²) in [6, 6.07) is -0.870. The van der Waals surface area contributed by atoms with Crippen molar-refractivity contribution < 1.29 is 28.7 Å². The number of hydrogen-bond donors (Lipinski definition) is 6. The maximum absolute atomic E-state index is 11.1. The molecule has 0 aromatic rings. The summed E-state index contributed by atoms with van der Waals surface area (Å²) in [5.74, 6) is 0. The molecule has 0 spiro atoms. The molecule has 2 atom stereocenters. The van der Waals surface area contributed by atoms with E-state index < -0.39 is 26.6 Å². The van der Waals surface area contributed by atoms with Crippen molar-refractivity contribution in [3.63, 3.8) is 0 Å². The monoisotopic (exact) mass is 291 g/mol. The van der Waals surface area contributed by atoms with E-state index in [2.05, 4.69) is 17.9 Å². The van der Waals surface area contributed by atoms with E-state index in [4.69, 9.17) is 19.6 Å². The largest absolute Gasteiger partial charge is 0.342 e. The van der Waals surface area contributed by atoms with E-state index in [9.17, 15) is 9.13 Å². The van der Waals surface area contributed by atoms with Crippen LogP contribution in [-0.2, 0) is 9.13 Å². The molecule has 16 heavy (non-hydrogen) atoms. The van der Waals surface area contributed by atoms with Gasteiger partial charge in [0.2, 0.25) is 0 Å². The van der Waals surface area contributed by atoms with E-state index in [0.717, 1.165) is 0 Å². The van der Waals surface area contributed by atoms with Crippen LogP contribution >= 0.6 is 27.8 Å². The van der Waals surface area contributed by atoms with Crippen LogP contribution in [0.25, 0.3) is 0 Å². The van der Waals surface area contributed by atoms with Gasteiger partial charge >= 0.3 is 15.2 Å². The Morgan fingerprint density at radius 3 is 1.94 bits per heavy atom. The van der Waals surface area contributed by atoms with Crippen LogP contribution in [-0.4, -0.2) is 42.8 Å². The molecule has 7 nitrogen and oxygen atoms in total. The van der Waals surface area contributed by atoms with Gasteiger partial charge in [0.15, 0.2) is 5.40 Å². The zero-order valence-electron chi connectivity index (χ0n) is 8.30. The molecule has 1 fully saturated rings. The van der Waals surface area contributed by atoms with E-state index in [0.29, 0.717) is 13.0 Å². The summed E-state index contributed by atoms with van der Waals surface area (Å²) >= 11 is 4.16. The molecule has 2 unspecified atom stereocenters. The maximum Gasteiger partial charge on any atom is 0.342 e. The molecule has 96 valence electrons. The van der Waals surface area contributed by atoms with Crippen molar-refractivity contribution in [1.82, 2.24) is 5.32 Å². The van der Waals surface area contributed by atoms with Crippen molar-refractivity contribution in [1.29, 1.82) is 0 Å². The highest BCUT2D eigenvalue weighted by Gasteiger charge is 2.49. The highest BCUT2D eigenvalue weighted by atomic mass is 32.1. The lowest BCUT2D eigenvalue weighted by molar-refractivity contribution is 0.306. The Balaban J connectivity index is 2.87. The zero-order valence-corrected chi connectivity index (χ0v) is 11.0. The molecule has 0 aliphatic carbocycles. The molecule has 1 saturated heterocycles. The second kappa shape index (κ2) is 5.08. The first-order valence-electron chi connectivity index (χ1n) is 4.64. The number of rotatable bonds is 3. The van der Waals surface area contributed by atoms with E-state index in [1.54, 1.807) is 0 Å². The van der Waals surface area contributed by atoms with E-state index in [1.165, 1.54) is 0 Å². The molecular formula is C6H15NO6P2S. The lowest BCUT2D eigenvalue weighted by Gasteiger charge is -2.33. The summed E-state index contributed by atoms with van der Waals surface area (Å²) in [6.07, 6.45) is 0.854. The maximum atomic E-state index is 11.1. The quantitative estimate of drug-likeness (QED) is 0.312. The Bertz CT molecular complexity index is 310. The number of thiol groups is 1. The summed E-state index contributed by atoms with van der Waals surface area (Å²) in [5.41, 5.74) is 0. The normalized spacial score (nSPS) is 28.4. The van der Waals surface area contributed by atoms with Crippen molar-refractivity contribution in [2.75, 3.05) is 6.54 Å². The van der Waals surface area contributed by atoms with E-state index in [1.807, 2.05) is 0 Å². The summed E-state index contributed by atoms with van der Waals surface area (Å²) in [4.78, 5) is 36.0. The average Bonchev–Trinajstić information content (AvgIpc) is 2.03. The Morgan fingerprint density at radius 1 is 1.12 bits per heavy atom. The van der Waals surface area contributed by atoms with Gasteiger partial charge in [0.05, 0.1) is 0 Å². The topological polar surface area (TPSA) is 127 Å². The van der Waals surface area contributed by atoms with Gasteiger partial charge in [-0.2, -0.15) is 12.6 Å². The van der Waals surface area contributed by atoms with Gasteiger partial charge in [-0.15, -0.1) is 0 Å². The number of piperidine rings is 1.